The zero-order valence-corrected chi connectivity index (χ0v) is 11.7. The molecule has 0 amide bonds. The van der Waals surface area contributed by atoms with E-state index in [-0.39, 0.29) is 30.0 Å². The predicted octanol–water partition coefficient (Wildman–Crippen LogP) is -0.0683. The fourth-order valence-electron chi connectivity index (χ4n) is 2.36. The summed E-state index contributed by atoms with van der Waals surface area (Å²) in [7, 11) is -3.59. The highest BCUT2D eigenvalue weighted by Gasteiger charge is 2.39. The van der Waals surface area contributed by atoms with Gasteiger partial charge in [-0.05, 0) is 24.5 Å². The molecule has 0 radical (unpaired) electrons. The van der Waals surface area contributed by atoms with Crippen molar-refractivity contribution in [3.8, 4) is 0 Å². The van der Waals surface area contributed by atoms with Gasteiger partial charge >= 0.3 is 0 Å². The molecule has 1 aromatic rings. The molecule has 1 saturated heterocycles. The lowest BCUT2D eigenvalue weighted by atomic mass is 10.0. The number of aliphatic hydroxyl groups is 1. The molecule has 0 aromatic carbocycles. The van der Waals surface area contributed by atoms with Crippen LogP contribution in [-0.4, -0.2) is 42.0 Å². The molecule has 1 aliphatic rings. The summed E-state index contributed by atoms with van der Waals surface area (Å²) in [5.41, 5.74) is 6.08. The number of aromatic nitrogens is 1. The maximum atomic E-state index is 12.5. The van der Waals surface area contributed by atoms with Crippen LogP contribution in [0.4, 0.5) is 0 Å². The standard InChI is InChI=1S/C12H19N3O3S/c1-9-4-5-15(12(9)8-16)19(17,18)11-3-2-10(6-13)14-7-11/h2-3,7,9,12,16H,4-6,8,13H2,1H3. The predicted molar refractivity (Wildman–Crippen MR) is 70.7 cm³/mol. The van der Waals surface area contributed by atoms with Gasteiger partial charge in [-0.2, -0.15) is 4.31 Å². The summed E-state index contributed by atoms with van der Waals surface area (Å²) in [6, 6.07) is 2.78. The average molecular weight is 285 g/mol. The van der Waals surface area contributed by atoms with Gasteiger partial charge in [0.25, 0.3) is 0 Å². The van der Waals surface area contributed by atoms with Crippen molar-refractivity contribution in [2.24, 2.45) is 11.7 Å². The fourth-order valence-corrected chi connectivity index (χ4v) is 4.04. The van der Waals surface area contributed by atoms with E-state index in [4.69, 9.17) is 5.73 Å². The van der Waals surface area contributed by atoms with Crippen LogP contribution in [0.25, 0.3) is 0 Å². The molecule has 7 heteroatoms. The number of hydrogen-bond acceptors (Lipinski definition) is 5. The van der Waals surface area contributed by atoms with Gasteiger partial charge in [-0.3, -0.25) is 4.98 Å². The molecule has 1 aromatic heterocycles. The van der Waals surface area contributed by atoms with E-state index in [1.807, 2.05) is 6.92 Å². The molecule has 0 spiro atoms. The summed E-state index contributed by atoms with van der Waals surface area (Å²) in [5.74, 6) is 0.163. The number of nitrogens with zero attached hydrogens (tertiary/aromatic N) is 2. The molecule has 3 N–H and O–H groups in total. The van der Waals surface area contributed by atoms with Crippen molar-refractivity contribution in [3.05, 3.63) is 24.0 Å². The monoisotopic (exact) mass is 285 g/mol. The number of aliphatic hydroxyl groups excluding tert-OH is 1. The number of nitrogens with two attached hydrogens (primary N) is 1. The molecule has 1 fully saturated rings. The number of hydrogen-bond donors (Lipinski definition) is 2. The van der Waals surface area contributed by atoms with E-state index < -0.39 is 10.0 Å². The highest BCUT2D eigenvalue weighted by atomic mass is 32.2. The van der Waals surface area contributed by atoms with Crippen molar-refractivity contribution in [2.45, 2.75) is 30.8 Å². The first-order valence-electron chi connectivity index (χ1n) is 6.28. The Morgan fingerprint density at radius 1 is 1.53 bits per heavy atom. The fraction of sp³-hybridized carbons (Fsp3) is 0.583. The summed E-state index contributed by atoms with van der Waals surface area (Å²) >= 11 is 0. The van der Waals surface area contributed by atoms with E-state index in [2.05, 4.69) is 4.98 Å². The van der Waals surface area contributed by atoms with Gasteiger partial charge in [0.05, 0.1) is 18.3 Å². The molecular weight excluding hydrogens is 266 g/mol. The van der Waals surface area contributed by atoms with Gasteiger partial charge in [0, 0.05) is 19.3 Å². The van der Waals surface area contributed by atoms with Gasteiger partial charge in [0.1, 0.15) is 4.90 Å². The smallest absolute Gasteiger partial charge is 0.244 e. The van der Waals surface area contributed by atoms with Gasteiger partial charge in [-0.25, -0.2) is 8.42 Å². The summed E-state index contributed by atoms with van der Waals surface area (Å²) in [5, 5.41) is 9.36. The maximum Gasteiger partial charge on any atom is 0.244 e. The zero-order valence-electron chi connectivity index (χ0n) is 10.9. The minimum absolute atomic E-state index is 0.150. The third-order valence-corrected chi connectivity index (χ3v) is 5.54. The topological polar surface area (TPSA) is 96.5 Å². The molecule has 2 atom stereocenters. The lowest BCUT2D eigenvalue weighted by Gasteiger charge is -2.24. The second-order valence-electron chi connectivity index (χ2n) is 4.82. The molecular formula is C12H19N3O3S. The highest BCUT2D eigenvalue weighted by molar-refractivity contribution is 7.89. The van der Waals surface area contributed by atoms with Gasteiger partial charge in [-0.15, -0.1) is 0 Å². The molecule has 6 nitrogen and oxygen atoms in total. The van der Waals surface area contributed by atoms with E-state index >= 15 is 0 Å². The van der Waals surface area contributed by atoms with Gasteiger partial charge in [-0.1, -0.05) is 6.92 Å². The highest BCUT2D eigenvalue weighted by Crippen LogP contribution is 2.29. The van der Waals surface area contributed by atoms with Crippen molar-refractivity contribution in [1.29, 1.82) is 0 Å². The van der Waals surface area contributed by atoms with Crippen LogP contribution in [0.2, 0.25) is 0 Å². The molecule has 0 saturated carbocycles. The van der Waals surface area contributed by atoms with Crippen LogP contribution in [0, 0.1) is 5.92 Å². The molecule has 0 bridgehead atoms. The Bertz CT molecular complexity index is 530. The minimum Gasteiger partial charge on any atom is -0.395 e. The molecule has 2 heterocycles. The third kappa shape index (κ3) is 2.64. The minimum atomic E-state index is -3.59. The normalized spacial score (nSPS) is 24.8. The van der Waals surface area contributed by atoms with Gasteiger partial charge in [0.2, 0.25) is 10.0 Å². The lowest BCUT2D eigenvalue weighted by molar-refractivity contribution is 0.191. The summed E-state index contributed by atoms with van der Waals surface area (Å²) in [6.07, 6.45) is 2.09. The first-order chi connectivity index (χ1) is 9.00. The van der Waals surface area contributed by atoms with Crippen LogP contribution in [0.3, 0.4) is 0 Å². The van der Waals surface area contributed by atoms with Gasteiger partial charge < -0.3 is 10.8 Å². The Labute approximate surface area is 113 Å². The summed E-state index contributed by atoms with van der Waals surface area (Å²) < 4.78 is 26.4. The SMILES string of the molecule is CC1CCN(S(=O)(=O)c2ccc(CN)nc2)C1CO. The number of sulfonamides is 1. The lowest BCUT2D eigenvalue weighted by Crippen LogP contribution is -2.39. The number of rotatable bonds is 4. The maximum absolute atomic E-state index is 12.5. The van der Waals surface area contributed by atoms with Crippen molar-refractivity contribution < 1.29 is 13.5 Å². The van der Waals surface area contributed by atoms with Crippen LogP contribution >= 0.6 is 0 Å². The van der Waals surface area contributed by atoms with E-state index in [9.17, 15) is 13.5 Å². The Morgan fingerprint density at radius 2 is 2.26 bits per heavy atom. The second kappa shape index (κ2) is 5.54. The third-order valence-electron chi connectivity index (χ3n) is 3.63. The Morgan fingerprint density at radius 3 is 2.79 bits per heavy atom. The molecule has 2 rings (SSSR count). The largest absolute Gasteiger partial charge is 0.395 e. The summed E-state index contributed by atoms with van der Waals surface area (Å²) in [4.78, 5) is 4.16. The van der Waals surface area contributed by atoms with E-state index in [0.717, 1.165) is 6.42 Å². The van der Waals surface area contributed by atoms with Crippen molar-refractivity contribution >= 4 is 10.0 Å². The van der Waals surface area contributed by atoms with Crippen molar-refractivity contribution in [3.63, 3.8) is 0 Å². The molecule has 19 heavy (non-hydrogen) atoms. The Hall–Kier alpha value is -1.02. The van der Waals surface area contributed by atoms with Gasteiger partial charge in [0.15, 0.2) is 0 Å². The van der Waals surface area contributed by atoms with Crippen LogP contribution in [0.1, 0.15) is 19.0 Å². The number of pyridine rings is 1. The van der Waals surface area contributed by atoms with Crippen LogP contribution in [-0.2, 0) is 16.6 Å². The summed E-state index contributed by atoms with van der Waals surface area (Å²) in [6.45, 7) is 2.51. The Kier molecular flexibility index (Phi) is 4.19. The van der Waals surface area contributed by atoms with E-state index in [1.165, 1.54) is 16.6 Å². The van der Waals surface area contributed by atoms with Crippen LogP contribution < -0.4 is 5.73 Å². The average Bonchev–Trinajstić information content (AvgIpc) is 2.80. The Balaban J connectivity index is 2.31. The van der Waals surface area contributed by atoms with Crippen LogP contribution in [0.5, 0.6) is 0 Å². The second-order valence-corrected chi connectivity index (χ2v) is 6.71. The zero-order chi connectivity index (χ0) is 14.0. The van der Waals surface area contributed by atoms with E-state index in [1.54, 1.807) is 6.07 Å². The first-order valence-corrected chi connectivity index (χ1v) is 7.72. The molecule has 0 aliphatic carbocycles. The molecule has 2 unspecified atom stereocenters. The quantitative estimate of drug-likeness (QED) is 0.807. The first kappa shape index (κ1) is 14.4. The molecule has 106 valence electrons. The van der Waals surface area contributed by atoms with Crippen LogP contribution in [0.15, 0.2) is 23.2 Å². The van der Waals surface area contributed by atoms with E-state index in [0.29, 0.717) is 12.2 Å². The van der Waals surface area contributed by atoms with Crippen molar-refractivity contribution in [2.75, 3.05) is 13.2 Å². The molecule has 1 aliphatic heterocycles. The van der Waals surface area contributed by atoms with Crippen molar-refractivity contribution in [1.82, 2.24) is 9.29 Å².